The number of rotatable bonds is 4. The van der Waals surface area contributed by atoms with E-state index in [4.69, 9.17) is 28.2 Å². The van der Waals surface area contributed by atoms with Crippen molar-refractivity contribution < 1.29 is 0 Å². The Morgan fingerprint density at radius 3 is 2.81 bits per heavy atom. The van der Waals surface area contributed by atoms with Gasteiger partial charge >= 0.3 is 0 Å². The molecule has 0 radical (unpaired) electrons. The third-order valence-corrected chi connectivity index (χ3v) is 5.46. The molecular formula is C15H13Cl2IN2S. The van der Waals surface area contributed by atoms with Crippen molar-refractivity contribution in [2.24, 2.45) is 0 Å². The smallest absolute Gasteiger partial charge is 0.127 e. The number of benzene rings is 1. The van der Waals surface area contributed by atoms with Crippen LogP contribution in [0.1, 0.15) is 23.0 Å². The minimum absolute atomic E-state index is 0.109. The molecule has 21 heavy (non-hydrogen) atoms. The molecule has 0 spiro atoms. The van der Waals surface area contributed by atoms with E-state index < -0.39 is 0 Å². The van der Waals surface area contributed by atoms with Crippen molar-refractivity contribution in [2.75, 3.05) is 0 Å². The van der Waals surface area contributed by atoms with Gasteiger partial charge in [0, 0.05) is 15.0 Å². The molecule has 2 heterocycles. The average molecular weight is 451 g/mol. The van der Waals surface area contributed by atoms with Crippen LogP contribution < -0.4 is 0 Å². The molecule has 0 aliphatic rings. The van der Waals surface area contributed by atoms with E-state index in [2.05, 4.69) is 51.4 Å². The molecule has 0 saturated carbocycles. The number of imidazole rings is 1. The molecule has 0 amide bonds. The number of alkyl halides is 1. The number of aromatic nitrogens is 2. The molecule has 1 aromatic carbocycles. The summed E-state index contributed by atoms with van der Waals surface area (Å²) in [5.41, 5.74) is 2.15. The topological polar surface area (TPSA) is 17.8 Å². The highest BCUT2D eigenvalue weighted by molar-refractivity contribution is 14.1. The summed E-state index contributed by atoms with van der Waals surface area (Å²) in [6, 6.07) is 10.3. The largest absolute Gasteiger partial charge is 0.326 e. The molecular weight excluding hydrogens is 438 g/mol. The lowest BCUT2D eigenvalue weighted by Crippen LogP contribution is -2.06. The Hall–Kier alpha value is -0.300. The van der Waals surface area contributed by atoms with Gasteiger partial charge in [-0.2, -0.15) is 0 Å². The summed E-state index contributed by atoms with van der Waals surface area (Å²) in [5, 5.41) is -0.109. The Kier molecular flexibility index (Phi) is 4.78. The quantitative estimate of drug-likeness (QED) is 0.357. The predicted molar refractivity (Wildman–Crippen MR) is 99.8 cm³/mol. The van der Waals surface area contributed by atoms with Crippen LogP contribution in [-0.4, -0.2) is 9.55 Å². The standard InChI is InChI=1S/C15H13Cl2IN2S/c1-9(16)15-19-12-8-10(18)2-4-13(12)20(15)7-6-11-3-5-14(17)21-11/h2-5,8-9H,6-7H2,1H3. The minimum atomic E-state index is -0.109. The second-order valence-corrected chi connectivity index (χ2v) is 8.53. The van der Waals surface area contributed by atoms with Gasteiger partial charge in [0.1, 0.15) is 5.82 Å². The minimum Gasteiger partial charge on any atom is -0.326 e. The van der Waals surface area contributed by atoms with E-state index in [9.17, 15) is 0 Å². The van der Waals surface area contributed by atoms with E-state index in [1.165, 1.54) is 8.45 Å². The Balaban J connectivity index is 1.97. The number of hydrogen-bond donors (Lipinski definition) is 0. The van der Waals surface area contributed by atoms with Gasteiger partial charge in [-0.15, -0.1) is 22.9 Å². The second-order valence-electron chi connectivity index (χ2n) is 4.83. The molecule has 2 aromatic heterocycles. The lowest BCUT2D eigenvalue weighted by Gasteiger charge is -2.09. The third-order valence-electron chi connectivity index (χ3n) is 3.31. The molecule has 0 N–H and O–H groups in total. The van der Waals surface area contributed by atoms with Crippen LogP contribution in [0.4, 0.5) is 0 Å². The Morgan fingerprint density at radius 1 is 1.33 bits per heavy atom. The summed E-state index contributed by atoms with van der Waals surface area (Å²) >= 11 is 16.2. The Morgan fingerprint density at radius 2 is 2.14 bits per heavy atom. The van der Waals surface area contributed by atoms with E-state index in [-0.39, 0.29) is 5.38 Å². The first-order chi connectivity index (χ1) is 10.0. The van der Waals surface area contributed by atoms with Gasteiger partial charge < -0.3 is 4.57 Å². The molecule has 0 bridgehead atoms. The molecule has 3 aromatic rings. The molecule has 0 aliphatic carbocycles. The van der Waals surface area contributed by atoms with Crippen molar-refractivity contribution in [3.05, 3.63) is 48.9 Å². The lowest BCUT2D eigenvalue weighted by molar-refractivity contribution is 0.672. The zero-order chi connectivity index (χ0) is 15.0. The first-order valence-corrected chi connectivity index (χ1v) is 9.29. The van der Waals surface area contributed by atoms with Crippen LogP contribution >= 0.6 is 57.1 Å². The van der Waals surface area contributed by atoms with Crippen molar-refractivity contribution in [3.63, 3.8) is 0 Å². The maximum absolute atomic E-state index is 6.30. The highest BCUT2D eigenvalue weighted by Gasteiger charge is 2.15. The van der Waals surface area contributed by atoms with Crippen molar-refractivity contribution in [1.82, 2.24) is 9.55 Å². The average Bonchev–Trinajstić information content (AvgIpc) is 2.99. The van der Waals surface area contributed by atoms with Gasteiger partial charge in [-0.3, -0.25) is 0 Å². The van der Waals surface area contributed by atoms with Crippen LogP contribution in [0, 0.1) is 3.57 Å². The number of fused-ring (bicyclic) bond motifs is 1. The van der Waals surface area contributed by atoms with Crippen molar-refractivity contribution >= 4 is 68.2 Å². The van der Waals surface area contributed by atoms with Gasteiger partial charge in [0.25, 0.3) is 0 Å². The van der Waals surface area contributed by atoms with Crippen LogP contribution in [0.3, 0.4) is 0 Å². The third kappa shape index (κ3) is 3.38. The number of thiophene rings is 1. The summed E-state index contributed by atoms with van der Waals surface area (Å²) in [5.74, 6) is 0.927. The van der Waals surface area contributed by atoms with Crippen molar-refractivity contribution in [3.8, 4) is 0 Å². The molecule has 0 saturated heterocycles. The number of aryl methyl sites for hydroxylation is 2. The summed E-state index contributed by atoms with van der Waals surface area (Å²) in [4.78, 5) is 5.97. The van der Waals surface area contributed by atoms with Gasteiger partial charge in [0.05, 0.1) is 20.7 Å². The Labute approximate surface area is 151 Å². The van der Waals surface area contributed by atoms with E-state index >= 15 is 0 Å². The fourth-order valence-electron chi connectivity index (χ4n) is 2.37. The molecule has 110 valence electrons. The van der Waals surface area contributed by atoms with Gasteiger partial charge in [-0.25, -0.2) is 4.98 Å². The normalized spacial score (nSPS) is 13.0. The molecule has 0 fully saturated rings. The zero-order valence-electron chi connectivity index (χ0n) is 11.3. The van der Waals surface area contributed by atoms with Crippen molar-refractivity contribution in [1.29, 1.82) is 0 Å². The Bertz CT molecular complexity index is 779. The van der Waals surface area contributed by atoms with Gasteiger partial charge in [-0.05, 0) is 66.3 Å². The van der Waals surface area contributed by atoms with Gasteiger partial charge in [0.2, 0.25) is 0 Å². The van der Waals surface area contributed by atoms with Crippen LogP contribution in [0.25, 0.3) is 11.0 Å². The van der Waals surface area contributed by atoms with Crippen LogP contribution in [0.2, 0.25) is 4.34 Å². The van der Waals surface area contributed by atoms with E-state index in [1.807, 2.05) is 13.0 Å². The van der Waals surface area contributed by atoms with Gasteiger partial charge in [-0.1, -0.05) is 11.6 Å². The fourth-order valence-corrected chi connectivity index (χ4v) is 4.09. The van der Waals surface area contributed by atoms with E-state index in [1.54, 1.807) is 11.3 Å². The van der Waals surface area contributed by atoms with Crippen LogP contribution in [-0.2, 0) is 13.0 Å². The van der Waals surface area contributed by atoms with E-state index in [0.29, 0.717) is 0 Å². The number of hydrogen-bond acceptors (Lipinski definition) is 2. The predicted octanol–water partition coefficient (Wildman–Crippen LogP) is 5.90. The first-order valence-electron chi connectivity index (χ1n) is 6.58. The first kappa shape index (κ1) is 15.6. The SMILES string of the molecule is CC(Cl)c1nc2cc(I)ccc2n1CCc1ccc(Cl)s1. The molecule has 6 heteroatoms. The lowest BCUT2D eigenvalue weighted by atomic mass is 10.3. The summed E-state index contributed by atoms with van der Waals surface area (Å²) in [7, 11) is 0. The van der Waals surface area contributed by atoms with Crippen LogP contribution in [0.5, 0.6) is 0 Å². The van der Waals surface area contributed by atoms with E-state index in [0.717, 1.165) is 34.2 Å². The fraction of sp³-hybridized carbons (Fsp3) is 0.267. The summed E-state index contributed by atoms with van der Waals surface area (Å²) in [6.45, 7) is 2.83. The highest BCUT2D eigenvalue weighted by Crippen LogP contribution is 2.27. The molecule has 2 nitrogen and oxygen atoms in total. The second kappa shape index (κ2) is 6.44. The molecule has 3 rings (SSSR count). The highest BCUT2D eigenvalue weighted by atomic mass is 127. The number of nitrogens with zero attached hydrogens (tertiary/aromatic N) is 2. The summed E-state index contributed by atoms with van der Waals surface area (Å²) in [6.07, 6.45) is 0.936. The molecule has 0 aliphatic heterocycles. The monoisotopic (exact) mass is 450 g/mol. The number of halogens is 3. The summed E-state index contributed by atoms with van der Waals surface area (Å²) < 4.78 is 4.24. The van der Waals surface area contributed by atoms with Crippen molar-refractivity contribution in [2.45, 2.75) is 25.3 Å². The zero-order valence-corrected chi connectivity index (χ0v) is 15.8. The van der Waals surface area contributed by atoms with Gasteiger partial charge in [0.15, 0.2) is 0 Å². The maximum atomic E-state index is 6.30. The maximum Gasteiger partial charge on any atom is 0.127 e. The van der Waals surface area contributed by atoms with Crippen LogP contribution in [0.15, 0.2) is 30.3 Å². The molecule has 1 atom stereocenters. The molecule has 1 unspecified atom stereocenters.